The molecule has 0 fully saturated rings. The first-order chi connectivity index (χ1) is 17.4. The van der Waals surface area contributed by atoms with E-state index < -0.39 is 0 Å². The molecule has 0 atom stereocenters. The molecule has 0 saturated heterocycles. The fourth-order valence-electron chi connectivity index (χ4n) is 4.63. The monoisotopic (exact) mass is 487 g/mol. The average Bonchev–Trinajstić information content (AvgIpc) is 3.32. The number of nitrogens with zero attached hydrogens (tertiary/aromatic N) is 3. The minimum absolute atomic E-state index is 0.00390. The van der Waals surface area contributed by atoms with Crippen molar-refractivity contribution >= 4 is 5.91 Å². The highest BCUT2D eigenvalue weighted by Crippen LogP contribution is 2.27. The molecule has 1 aliphatic rings. The molecule has 0 spiro atoms. The second kappa shape index (κ2) is 12.3. The van der Waals surface area contributed by atoms with Crippen LogP contribution in [-0.2, 0) is 12.8 Å². The van der Waals surface area contributed by atoms with Crippen LogP contribution in [0.25, 0.3) is 22.5 Å². The Morgan fingerprint density at radius 2 is 1.72 bits per heavy atom. The van der Waals surface area contributed by atoms with Gasteiger partial charge in [0.2, 0.25) is 0 Å². The van der Waals surface area contributed by atoms with Crippen LogP contribution in [0.1, 0.15) is 68.7 Å². The van der Waals surface area contributed by atoms with Gasteiger partial charge >= 0.3 is 0 Å². The standard InChI is InChI=1S/C30H41N5O/c1-21(2)11-16-35(17-12-22(3)4)15-5-6-25-8-7-24(20-33-25)28-18-23(9-13-31-28)29-19-26-27(34-29)10-14-32-30(26)36/h7-9,13,18-22,34H,5-6,10-12,14-17H2,1-4H3,(H,32,36). The Hall–Kier alpha value is -2.99. The second-order valence-corrected chi connectivity index (χ2v) is 10.9. The molecule has 3 aromatic rings. The van der Waals surface area contributed by atoms with Crippen molar-refractivity contribution in [2.24, 2.45) is 11.8 Å². The second-order valence-electron chi connectivity index (χ2n) is 10.9. The lowest BCUT2D eigenvalue weighted by Gasteiger charge is -2.24. The molecule has 0 aliphatic carbocycles. The maximum absolute atomic E-state index is 12.1. The first kappa shape index (κ1) is 26.1. The molecule has 4 heterocycles. The summed E-state index contributed by atoms with van der Waals surface area (Å²) in [4.78, 5) is 27.5. The summed E-state index contributed by atoms with van der Waals surface area (Å²) in [5.74, 6) is 1.49. The SMILES string of the molecule is CC(C)CCN(CCCc1ccc(-c2cc(-c3cc4c([nH]3)CCNC4=O)ccn2)cn1)CCC(C)C. The number of H-pyrrole nitrogens is 1. The summed E-state index contributed by atoms with van der Waals surface area (Å²) in [5, 5.41) is 2.90. The van der Waals surface area contributed by atoms with E-state index in [4.69, 9.17) is 4.98 Å². The van der Waals surface area contributed by atoms with Gasteiger partial charge in [-0.25, -0.2) is 0 Å². The van der Waals surface area contributed by atoms with Gasteiger partial charge in [0.05, 0.1) is 11.3 Å². The van der Waals surface area contributed by atoms with Crippen molar-refractivity contribution in [1.82, 2.24) is 25.2 Å². The minimum Gasteiger partial charge on any atom is -0.358 e. The summed E-state index contributed by atoms with van der Waals surface area (Å²) < 4.78 is 0. The zero-order valence-corrected chi connectivity index (χ0v) is 22.3. The minimum atomic E-state index is -0.00390. The molecular weight excluding hydrogens is 446 g/mol. The lowest BCUT2D eigenvalue weighted by atomic mass is 10.1. The quantitative estimate of drug-likeness (QED) is 0.341. The number of amides is 1. The van der Waals surface area contributed by atoms with Crippen LogP contribution in [0.4, 0.5) is 0 Å². The number of hydrogen-bond acceptors (Lipinski definition) is 4. The van der Waals surface area contributed by atoms with Crippen LogP contribution in [0.5, 0.6) is 0 Å². The molecule has 0 unspecified atom stereocenters. The van der Waals surface area contributed by atoms with Crippen LogP contribution >= 0.6 is 0 Å². The summed E-state index contributed by atoms with van der Waals surface area (Å²) in [6.07, 6.45) is 9.22. The molecule has 6 heteroatoms. The topological polar surface area (TPSA) is 73.9 Å². The predicted octanol–water partition coefficient (Wildman–Crippen LogP) is 5.75. The molecule has 0 aromatic carbocycles. The van der Waals surface area contributed by atoms with Crippen molar-refractivity contribution in [2.45, 2.75) is 59.8 Å². The van der Waals surface area contributed by atoms with Gasteiger partial charge in [0.1, 0.15) is 0 Å². The molecule has 6 nitrogen and oxygen atoms in total. The van der Waals surface area contributed by atoms with Gasteiger partial charge in [0.25, 0.3) is 5.91 Å². The van der Waals surface area contributed by atoms with Crippen molar-refractivity contribution in [3.63, 3.8) is 0 Å². The first-order valence-electron chi connectivity index (χ1n) is 13.5. The number of fused-ring (bicyclic) bond motifs is 1. The van der Waals surface area contributed by atoms with Gasteiger partial charge in [0.15, 0.2) is 0 Å². The number of carbonyl (C=O) groups excluding carboxylic acids is 1. The summed E-state index contributed by atoms with van der Waals surface area (Å²) in [5.41, 5.74) is 6.74. The maximum atomic E-state index is 12.1. The number of aromatic amines is 1. The summed E-state index contributed by atoms with van der Waals surface area (Å²) in [6.45, 7) is 13.4. The Morgan fingerprint density at radius 3 is 2.39 bits per heavy atom. The highest BCUT2D eigenvalue weighted by Gasteiger charge is 2.20. The van der Waals surface area contributed by atoms with Crippen LogP contribution in [-0.4, -0.2) is 51.9 Å². The number of hydrogen-bond donors (Lipinski definition) is 2. The lowest BCUT2D eigenvalue weighted by Crippen LogP contribution is -2.31. The van der Waals surface area contributed by atoms with E-state index in [1.54, 1.807) is 0 Å². The maximum Gasteiger partial charge on any atom is 0.253 e. The zero-order valence-electron chi connectivity index (χ0n) is 22.3. The zero-order chi connectivity index (χ0) is 25.5. The first-order valence-corrected chi connectivity index (χ1v) is 13.5. The van der Waals surface area contributed by atoms with E-state index in [1.807, 2.05) is 24.5 Å². The Labute approximate surface area is 215 Å². The molecule has 1 amide bonds. The number of carbonyl (C=O) groups is 1. The smallest absolute Gasteiger partial charge is 0.253 e. The third kappa shape index (κ3) is 7.03. The normalized spacial score (nSPS) is 13.5. The van der Waals surface area contributed by atoms with Crippen LogP contribution in [0.15, 0.2) is 42.7 Å². The van der Waals surface area contributed by atoms with Gasteiger partial charge in [-0.15, -0.1) is 0 Å². The van der Waals surface area contributed by atoms with Crippen molar-refractivity contribution in [3.05, 3.63) is 59.7 Å². The molecule has 2 N–H and O–H groups in total. The lowest BCUT2D eigenvalue weighted by molar-refractivity contribution is 0.0946. The van der Waals surface area contributed by atoms with Crippen LogP contribution in [0.3, 0.4) is 0 Å². The Balaban J connectivity index is 1.36. The Bertz CT molecular complexity index is 1120. The largest absolute Gasteiger partial charge is 0.358 e. The molecule has 4 rings (SSSR count). The third-order valence-corrected chi connectivity index (χ3v) is 6.95. The van der Waals surface area contributed by atoms with Crippen molar-refractivity contribution in [1.29, 1.82) is 0 Å². The molecule has 0 radical (unpaired) electrons. The molecular formula is C30H41N5O. The number of aryl methyl sites for hydroxylation is 1. The number of aromatic nitrogens is 3. The van der Waals surface area contributed by atoms with E-state index in [0.29, 0.717) is 6.54 Å². The van der Waals surface area contributed by atoms with E-state index in [0.717, 1.165) is 77.1 Å². The van der Waals surface area contributed by atoms with Crippen LogP contribution in [0, 0.1) is 11.8 Å². The van der Waals surface area contributed by atoms with Gasteiger partial charge in [-0.3, -0.25) is 14.8 Å². The van der Waals surface area contributed by atoms with E-state index in [9.17, 15) is 4.79 Å². The fourth-order valence-corrected chi connectivity index (χ4v) is 4.63. The van der Waals surface area contributed by atoms with Crippen LogP contribution < -0.4 is 5.32 Å². The highest BCUT2D eigenvalue weighted by atomic mass is 16.1. The van der Waals surface area contributed by atoms with Gasteiger partial charge in [-0.1, -0.05) is 27.7 Å². The molecule has 3 aromatic heterocycles. The van der Waals surface area contributed by atoms with E-state index in [1.165, 1.54) is 25.9 Å². The molecule has 1 aliphatic heterocycles. The summed E-state index contributed by atoms with van der Waals surface area (Å²) in [6, 6.07) is 10.2. The highest BCUT2D eigenvalue weighted by molar-refractivity contribution is 5.97. The third-order valence-electron chi connectivity index (χ3n) is 6.95. The summed E-state index contributed by atoms with van der Waals surface area (Å²) in [7, 11) is 0. The predicted molar refractivity (Wildman–Crippen MR) is 147 cm³/mol. The average molecular weight is 488 g/mol. The Morgan fingerprint density at radius 1 is 0.944 bits per heavy atom. The number of nitrogens with one attached hydrogen (secondary N) is 2. The van der Waals surface area contributed by atoms with Gasteiger partial charge in [0, 0.05) is 53.6 Å². The summed E-state index contributed by atoms with van der Waals surface area (Å²) >= 11 is 0. The van der Waals surface area contributed by atoms with E-state index in [-0.39, 0.29) is 5.91 Å². The molecule has 0 bridgehead atoms. The van der Waals surface area contributed by atoms with E-state index >= 15 is 0 Å². The Kier molecular flexibility index (Phi) is 8.92. The fraction of sp³-hybridized carbons (Fsp3) is 0.500. The molecule has 0 saturated carbocycles. The van der Waals surface area contributed by atoms with Crippen molar-refractivity contribution in [3.8, 4) is 22.5 Å². The van der Waals surface area contributed by atoms with Crippen LogP contribution in [0.2, 0.25) is 0 Å². The number of pyridine rings is 2. The number of rotatable bonds is 12. The molecule has 192 valence electrons. The van der Waals surface area contributed by atoms with Crippen molar-refractivity contribution in [2.75, 3.05) is 26.2 Å². The van der Waals surface area contributed by atoms with Gasteiger partial charge in [-0.05, 0) is 87.5 Å². The molecule has 36 heavy (non-hydrogen) atoms. The van der Waals surface area contributed by atoms with Gasteiger partial charge < -0.3 is 15.2 Å². The van der Waals surface area contributed by atoms with E-state index in [2.05, 4.69) is 66.1 Å². The van der Waals surface area contributed by atoms with Crippen molar-refractivity contribution < 1.29 is 4.79 Å². The van der Waals surface area contributed by atoms with Gasteiger partial charge in [-0.2, -0.15) is 0 Å².